The lowest BCUT2D eigenvalue weighted by Gasteiger charge is -2.21. The number of carbonyl (C=O) groups excluding carboxylic acids is 1. The molecule has 1 amide bonds. The van der Waals surface area contributed by atoms with Gasteiger partial charge in [0.25, 0.3) is 5.91 Å². The Hall–Kier alpha value is -4.03. The lowest BCUT2D eigenvalue weighted by molar-refractivity contribution is 0.0982. The molecule has 0 bridgehead atoms. The van der Waals surface area contributed by atoms with E-state index in [0.29, 0.717) is 28.7 Å². The molecule has 0 aliphatic heterocycles. The maximum atomic E-state index is 13.8. The van der Waals surface area contributed by atoms with Crippen LogP contribution in [0.4, 0.5) is 5.13 Å². The molecule has 156 valence electrons. The summed E-state index contributed by atoms with van der Waals surface area (Å²) in [6, 6.07) is 30.3. The molecule has 5 nitrogen and oxygen atoms in total. The van der Waals surface area contributed by atoms with Gasteiger partial charge in [0.15, 0.2) is 5.13 Å². The predicted octanol–water partition coefficient (Wildman–Crippen LogP) is 6.33. The fourth-order valence-corrected chi connectivity index (χ4v) is 4.31. The highest BCUT2D eigenvalue weighted by molar-refractivity contribution is 7.22. The Balaban J connectivity index is 1.55. The van der Waals surface area contributed by atoms with Gasteiger partial charge in [0.2, 0.25) is 0 Å². The summed E-state index contributed by atoms with van der Waals surface area (Å²) in [4.78, 5) is 24.6. The highest BCUT2D eigenvalue weighted by Crippen LogP contribution is 2.33. The van der Waals surface area contributed by atoms with Crippen LogP contribution in [0.5, 0.6) is 11.5 Å². The minimum absolute atomic E-state index is 0.193. The molecule has 0 saturated carbocycles. The summed E-state index contributed by atoms with van der Waals surface area (Å²) in [6.07, 6.45) is 1.73. The Morgan fingerprint density at radius 3 is 2.41 bits per heavy atom. The second-order valence-electron chi connectivity index (χ2n) is 7.09. The van der Waals surface area contributed by atoms with Crippen LogP contribution in [0.3, 0.4) is 0 Å². The predicted molar refractivity (Wildman–Crippen MR) is 127 cm³/mol. The van der Waals surface area contributed by atoms with E-state index < -0.39 is 0 Å². The highest BCUT2D eigenvalue weighted by Gasteiger charge is 2.25. The molecule has 0 saturated heterocycles. The standard InChI is InChI=1S/C26H19N3O2S/c30-25(21-13-4-6-15-23(21)31-20-11-2-1-3-12-20)29(18-19-10-8-9-17-27-19)26-28-22-14-5-7-16-24(22)32-26/h1-17H,18H2. The van der Waals surface area contributed by atoms with Gasteiger partial charge in [-0.15, -0.1) is 0 Å². The van der Waals surface area contributed by atoms with Crippen LogP contribution in [-0.4, -0.2) is 15.9 Å². The third kappa shape index (κ3) is 4.22. The van der Waals surface area contributed by atoms with Gasteiger partial charge in [-0.05, 0) is 48.5 Å². The summed E-state index contributed by atoms with van der Waals surface area (Å²) in [7, 11) is 0. The minimum atomic E-state index is -0.193. The van der Waals surface area contributed by atoms with Crippen molar-refractivity contribution in [3.63, 3.8) is 0 Å². The first-order valence-electron chi connectivity index (χ1n) is 10.2. The number of hydrogen-bond donors (Lipinski definition) is 0. The van der Waals surface area contributed by atoms with E-state index in [1.807, 2.05) is 84.9 Å². The number of benzene rings is 3. The van der Waals surface area contributed by atoms with Crippen LogP contribution in [0.15, 0.2) is 103 Å². The van der Waals surface area contributed by atoms with Crippen molar-refractivity contribution in [2.24, 2.45) is 0 Å². The Bertz CT molecular complexity index is 1320. The van der Waals surface area contributed by atoms with Gasteiger partial charge in [-0.2, -0.15) is 0 Å². The summed E-state index contributed by atoms with van der Waals surface area (Å²) in [6.45, 7) is 0.305. The number of rotatable bonds is 6. The van der Waals surface area contributed by atoms with Crippen LogP contribution in [0, 0.1) is 0 Å². The molecule has 2 heterocycles. The van der Waals surface area contributed by atoms with Gasteiger partial charge in [-0.1, -0.05) is 59.9 Å². The van der Waals surface area contributed by atoms with Crippen LogP contribution < -0.4 is 9.64 Å². The molecule has 0 fully saturated rings. The molecule has 5 rings (SSSR count). The maximum absolute atomic E-state index is 13.8. The number of fused-ring (bicyclic) bond motifs is 1. The van der Waals surface area contributed by atoms with Gasteiger partial charge in [0.1, 0.15) is 11.5 Å². The van der Waals surface area contributed by atoms with Crippen molar-refractivity contribution >= 4 is 32.6 Å². The SMILES string of the molecule is O=C(c1ccccc1Oc1ccccc1)N(Cc1ccccn1)c1nc2ccccc2s1. The van der Waals surface area contributed by atoms with E-state index in [2.05, 4.69) is 4.98 Å². The zero-order valence-corrected chi connectivity index (χ0v) is 17.9. The molecule has 0 radical (unpaired) electrons. The molecule has 3 aromatic carbocycles. The smallest absolute Gasteiger partial charge is 0.264 e. The lowest BCUT2D eigenvalue weighted by Crippen LogP contribution is -2.31. The molecular weight excluding hydrogens is 418 g/mol. The Labute approximate surface area is 189 Å². The zero-order chi connectivity index (χ0) is 21.8. The second-order valence-corrected chi connectivity index (χ2v) is 8.10. The number of ether oxygens (including phenoxy) is 1. The topological polar surface area (TPSA) is 55.3 Å². The van der Waals surface area contributed by atoms with Crippen molar-refractivity contribution in [1.29, 1.82) is 0 Å². The van der Waals surface area contributed by atoms with Crippen LogP contribution in [0.2, 0.25) is 0 Å². The Morgan fingerprint density at radius 1 is 0.844 bits per heavy atom. The number of aromatic nitrogens is 2. The van der Waals surface area contributed by atoms with Gasteiger partial charge in [-0.3, -0.25) is 14.7 Å². The van der Waals surface area contributed by atoms with E-state index in [0.717, 1.165) is 15.9 Å². The number of pyridine rings is 1. The van der Waals surface area contributed by atoms with Gasteiger partial charge in [0, 0.05) is 6.20 Å². The number of thiazole rings is 1. The third-order valence-electron chi connectivity index (χ3n) is 4.89. The molecule has 0 atom stereocenters. The monoisotopic (exact) mass is 437 g/mol. The summed E-state index contributed by atoms with van der Waals surface area (Å²) < 4.78 is 7.07. The van der Waals surface area contributed by atoms with Crippen molar-refractivity contribution < 1.29 is 9.53 Å². The van der Waals surface area contributed by atoms with Crippen LogP contribution in [0.1, 0.15) is 16.1 Å². The van der Waals surface area contributed by atoms with Crippen molar-refractivity contribution in [2.75, 3.05) is 4.90 Å². The average molecular weight is 438 g/mol. The number of carbonyl (C=O) groups is 1. The lowest BCUT2D eigenvalue weighted by atomic mass is 10.1. The Kier molecular flexibility index (Phi) is 5.59. The van der Waals surface area contributed by atoms with Gasteiger partial charge in [-0.25, -0.2) is 4.98 Å². The van der Waals surface area contributed by atoms with E-state index >= 15 is 0 Å². The average Bonchev–Trinajstić information content (AvgIpc) is 3.28. The number of hydrogen-bond acceptors (Lipinski definition) is 5. The molecule has 0 aliphatic rings. The largest absolute Gasteiger partial charge is 0.457 e. The molecule has 0 N–H and O–H groups in total. The molecule has 0 spiro atoms. The normalized spacial score (nSPS) is 10.8. The first kappa shape index (κ1) is 19.9. The number of amides is 1. The highest BCUT2D eigenvalue weighted by atomic mass is 32.1. The van der Waals surface area contributed by atoms with Gasteiger partial charge < -0.3 is 4.74 Å². The van der Waals surface area contributed by atoms with Crippen molar-refractivity contribution in [3.05, 3.63) is 115 Å². The van der Waals surface area contributed by atoms with E-state index in [9.17, 15) is 4.79 Å². The van der Waals surface area contributed by atoms with Gasteiger partial charge >= 0.3 is 0 Å². The number of para-hydroxylation sites is 3. The van der Waals surface area contributed by atoms with Crippen molar-refractivity contribution in [1.82, 2.24) is 9.97 Å². The minimum Gasteiger partial charge on any atom is -0.457 e. The summed E-state index contributed by atoms with van der Waals surface area (Å²) in [5.41, 5.74) is 2.10. The quantitative estimate of drug-likeness (QED) is 0.311. The van der Waals surface area contributed by atoms with Crippen molar-refractivity contribution in [3.8, 4) is 11.5 Å². The number of anilines is 1. The van der Waals surface area contributed by atoms with Crippen LogP contribution in [-0.2, 0) is 6.54 Å². The summed E-state index contributed by atoms with van der Waals surface area (Å²) >= 11 is 1.48. The fraction of sp³-hybridized carbons (Fsp3) is 0.0385. The Morgan fingerprint density at radius 2 is 1.59 bits per heavy atom. The molecule has 32 heavy (non-hydrogen) atoms. The zero-order valence-electron chi connectivity index (χ0n) is 17.1. The van der Waals surface area contributed by atoms with Gasteiger partial charge in [0.05, 0.1) is 28.0 Å². The molecule has 5 aromatic rings. The molecule has 6 heteroatoms. The van der Waals surface area contributed by atoms with Crippen LogP contribution in [0.25, 0.3) is 10.2 Å². The molecule has 2 aromatic heterocycles. The number of nitrogens with zero attached hydrogens (tertiary/aromatic N) is 3. The van der Waals surface area contributed by atoms with E-state index in [4.69, 9.17) is 9.72 Å². The fourth-order valence-electron chi connectivity index (χ4n) is 3.35. The third-order valence-corrected chi connectivity index (χ3v) is 5.95. The molecule has 0 aliphatic carbocycles. The summed E-state index contributed by atoms with van der Waals surface area (Å²) in [5, 5.41) is 0.622. The molecular formula is C26H19N3O2S. The van der Waals surface area contributed by atoms with Crippen molar-refractivity contribution in [2.45, 2.75) is 6.54 Å². The summed E-state index contributed by atoms with van der Waals surface area (Å²) in [5.74, 6) is 0.973. The second kappa shape index (κ2) is 8.99. The molecule has 0 unspecified atom stereocenters. The van der Waals surface area contributed by atoms with E-state index in [-0.39, 0.29) is 5.91 Å². The maximum Gasteiger partial charge on any atom is 0.264 e. The van der Waals surface area contributed by atoms with E-state index in [1.54, 1.807) is 23.2 Å². The van der Waals surface area contributed by atoms with E-state index in [1.165, 1.54) is 11.3 Å². The first-order chi connectivity index (χ1) is 15.8. The first-order valence-corrected chi connectivity index (χ1v) is 11.0. The van der Waals surface area contributed by atoms with Crippen LogP contribution >= 0.6 is 11.3 Å².